The molecular formula is C26H21BO. The van der Waals surface area contributed by atoms with Crippen molar-refractivity contribution < 1.29 is 5.02 Å². The van der Waals surface area contributed by atoms with Crippen LogP contribution in [0.25, 0.3) is 27.1 Å². The van der Waals surface area contributed by atoms with Crippen LogP contribution in [0.2, 0.25) is 0 Å². The van der Waals surface area contributed by atoms with Crippen LogP contribution in [0.5, 0.6) is 0 Å². The summed E-state index contributed by atoms with van der Waals surface area (Å²) >= 11 is 0. The Balaban J connectivity index is 1.87. The van der Waals surface area contributed by atoms with E-state index in [2.05, 4.69) is 97.1 Å². The zero-order valence-corrected chi connectivity index (χ0v) is 15.7. The minimum atomic E-state index is 0.0440. The molecule has 4 aromatic rings. The van der Waals surface area contributed by atoms with E-state index >= 15 is 0 Å². The number of hydrogen-bond donors (Lipinski definition) is 1. The molecular weight excluding hydrogens is 339 g/mol. The third-order valence-corrected chi connectivity index (χ3v) is 5.85. The molecule has 4 aromatic carbocycles. The predicted molar refractivity (Wildman–Crippen MR) is 121 cm³/mol. The van der Waals surface area contributed by atoms with E-state index in [0.29, 0.717) is 5.92 Å². The van der Waals surface area contributed by atoms with Gasteiger partial charge >= 0.3 is 7.48 Å². The fourth-order valence-electron chi connectivity index (χ4n) is 4.59. The Morgan fingerprint density at radius 1 is 0.714 bits per heavy atom. The van der Waals surface area contributed by atoms with E-state index in [1.807, 2.05) is 0 Å². The maximum absolute atomic E-state index is 10.1. The molecule has 0 aliphatic heterocycles. The van der Waals surface area contributed by atoms with E-state index in [1.165, 1.54) is 27.5 Å². The van der Waals surface area contributed by atoms with Gasteiger partial charge in [0.15, 0.2) is 0 Å². The van der Waals surface area contributed by atoms with Crippen molar-refractivity contribution in [1.82, 2.24) is 0 Å². The van der Waals surface area contributed by atoms with Gasteiger partial charge in [0.1, 0.15) is 0 Å². The fraction of sp³-hybridized carbons (Fsp3) is 0.0769. The SMILES string of the molecule is OBc1c2ccccc2c(C2=CC=CCC2c2ccccc2)c2ccccc12. The molecule has 1 atom stereocenters. The highest BCUT2D eigenvalue weighted by Gasteiger charge is 2.23. The second-order valence-corrected chi connectivity index (χ2v) is 7.35. The van der Waals surface area contributed by atoms with Crippen molar-refractivity contribution in [1.29, 1.82) is 0 Å². The lowest BCUT2D eigenvalue weighted by atomic mass is 9.74. The van der Waals surface area contributed by atoms with Crippen LogP contribution in [-0.2, 0) is 0 Å². The number of allylic oxidation sites excluding steroid dienone is 4. The van der Waals surface area contributed by atoms with Gasteiger partial charge in [-0.05, 0) is 50.1 Å². The number of benzene rings is 4. The molecule has 0 bridgehead atoms. The molecule has 0 amide bonds. The Hall–Kier alpha value is -3.10. The Kier molecular flexibility index (Phi) is 4.34. The van der Waals surface area contributed by atoms with Crippen molar-refractivity contribution in [3.63, 3.8) is 0 Å². The molecule has 1 nitrogen and oxygen atoms in total. The standard InChI is InChI=1S/C26H21BO/c28-27-26-23-16-8-6-14-21(23)25(22-15-7-9-17-24(22)26)20-13-5-4-12-19(20)18-10-2-1-3-11-18/h1-11,13-17,19,27-28H,12H2. The molecule has 28 heavy (non-hydrogen) atoms. The van der Waals surface area contributed by atoms with Crippen molar-refractivity contribution in [2.45, 2.75) is 12.3 Å². The first kappa shape index (κ1) is 17.0. The average molecular weight is 360 g/mol. The largest absolute Gasteiger partial charge is 0.449 e. The van der Waals surface area contributed by atoms with E-state index in [0.717, 1.165) is 22.7 Å². The maximum atomic E-state index is 10.1. The van der Waals surface area contributed by atoms with E-state index in [1.54, 1.807) is 0 Å². The van der Waals surface area contributed by atoms with Gasteiger partial charge in [-0.25, -0.2) is 0 Å². The summed E-state index contributed by atoms with van der Waals surface area (Å²) < 4.78 is 0. The predicted octanol–water partition coefficient (Wildman–Crippen LogP) is 5.09. The van der Waals surface area contributed by atoms with Gasteiger partial charge in [-0.1, -0.05) is 97.1 Å². The average Bonchev–Trinajstić information content (AvgIpc) is 2.78. The summed E-state index contributed by atoms with van der Waals surface area (Å²) in [7, 11) is 0.0440. The van der Waals surface area contributed by atoms with Crippen LogP contribution in [-0.4, -0.2) is 12.5 Å². The maximum Gasteiger partial charge on any atom is 0.306 e. The molecule has 5 rings (SSSR count). The normalized spacial score (nSPS) is 16.3. The van der Waals surface area contributed by atoms with Gasteiger partial charge in [0, 0.05) is 5.92 Å². The van der Waals surface area contributed by atoms with Gasteiger partial charge in [0.25, 0.3) is 0 Å². The zero-order chi connectivity index (χ0) is 18.9. The first-order valence-electron chi connectivity index (χ1n) is 9.83. The minimum absolute atomic E-state index is 0.0440. The van der Waals surface area contributed by atoms with E-state index in [9.17, 15) is 5.02 Å². The zero-order valence-electron chi connectivity index (χ0n) is 15.7. The molecule has 1 unspecified atom stereocenters. The Morgan fingerprint density at radius 2 is 1.29 bits per heavy atom. The van der Waals surface area contributed by atoms with Crippen molar-refractivity contribution >= 4 is 40.1 Å². The van der Waals surface area contributed by atoms with Gasteiger partial charge < -0.3 is 5.02 Å². The van der Waals surface area contributed by atoms with Gasteiger partial charge in [-0.2, -0.15) is 0 Å². The molecule has 1 aliphatic rings. The summed E-state index contributed by atoms with van der Waals surface area (Å²) in [5.74, 6) is 0.331. The lowest BCUT2D eigenvalue weighted by Crippen LogP contribution is -2.18. The summed E-state index contributed by atoms with van der Waals surface area (Å²) in [5, 5.41) is 14.8. The summed E-state index contributed by atoms with van der Waals surface area (Å²) in [4.78, 5) is 0. The number of fused-ring (bicyclic) bond motifs is 2. The topological polar surface area (TPSA) is 20.2 Å². The summed E-state index contributed by atoms with van der Waals surface area (Å²) in [6, 6.07) is 27.7. The quantitative estimate of drug-likeness (QED) is 0.399. The second-order valence-electron chi connectivity index (χ2n) is 7.35. The molecule has 1 aliphatic carbocycles. The highest BCUT2D eigenvalue weighted by Crippen LogP contribution is 2.42. The number of hydrogen-bond acceptors (Lipinski definition) is 1. The second kappa shape index (κ2) is 7.14. The molecule has 2 heteroatoms. The van der Waals surface area contributed by atoms with Crippen LogP contribution >= 0.6 is 0 Å². The Labute approximate surface area is 165 Å². The van der Waals surface area contributed by atoms with Gasteiger partial charge in [-0.15, -0.1) is 0 Å². The Bertz CT molecular complexity index is 1160. The minimum Gasteiger partial charge on any atom is -0.449 e. The lowest BCUT2D eigenvalue weighted by Gasteiger charge is -2.26. The van der Waals surface area contributed by atoms with Gasteiger partial charge in [0.2, 0.25) is 0 Å². The molecule has 1 N–H and O–H groups in total. The lowest BCUT2D eigenvalue weighted by molar-refractivity contribution is 0.616. The Morgan fingerprint density at radius 3 is 1.89 bits per heavy atom. The van der Waals surface area contributed by atoms with Crippen LogP contribution < -0.4 is 5.46 Å². The smallest absolute Gasteiger partial charge is 0.306 e. The first-order chi connectivity index (χ1) is 13.9. The molecule has 0 heterocycles. The van der Waals surface area contributed by atoms with Crippen molar-refractivity contribution in [2.24, 2.45) is 0 Å². The molecule has 0 radical (unpaired) electrons. The van der Waals surface area contributed by atoms with Crippen LogP contribution in [0, 0.1) is 0 Å². The fourth-order valence-corrected chi connectivity index (χ4v) is 4.59. The van der Waals surface area contributed by atoms with Crippen molar-refractivity contribution in [2.75, 3.05) is 0 Å². The van der Waals surface area contributed by atoms with E-state index in [4.69, 9.17) is 0 Å². The summed E-state index contributed by atoms with van der Waals surface area (Å²) in [6.07, 6.45) is 7.71. The van der Waals surface area contributed by atoms with Gasteiger partial charge in [-0.3, -0.25) is 0 Å². The molecule has 134 valence electrons. The van der Waals surface area contributed by atoms with Crippen molar-refractivity contribution in [3.8, 4) is 0 Å². The highest BCUT2D eigenvalue weighted by molar-refractivity contribution is 6.55. The van der Waals surface area contributed by atoms with E-state index < -0.39 is 0 Å². The molecule has 0 fully saturated rings. The third-order valence-electron chi connectivity index (χ3n) is 5.85. The van der Waals surface area contributed by atoms with Crippen LogP contribution in [0.1, 0.15) is 23.5 Å². The first-order valence-corrected chi connectivity index (χ1v) is 9.83. The molecule has 0 aromatic heterocycles. The molecule has 0 spiro atoms. The molecule has 0 saturated heterocycles. The monoisotopic (exact) mass is 360 g/mol. The van der Waals surface area contributed by atoms with Gasteiger partial charge in [0.05, 0.1) is 0 Å². The van der Waals surface area contributed by atoms with Crippen LogP contribution in [0.3, 0.4) is 0 Å². The van der Waals surface area contributed by atoms with Crippen LogP contribution in [0.15, 0.2) is 97.1 Å². The third kappa shape index (κ3) is 2.69. The van der Waals surface area contributed by atoms with E-state index in [-0.39, 0.29) is 7.48 Å². The highest BCUT2D eigenvalue weighted by atomic mass is 16.2. The number of rotatable bonds is 3. The summed E-state index contributed by atoms with van der Waals surface area (Å²) in [5.41, 5.74) is 5.00. The summed E-state index contributed by atoms with van der Waals surface area (Å²) in [6.45, 7) is 0. The van der Waals surface area contributed by atoms with Crippen LogP contribution in [0.4, 0.5) is 0 Å². The molecule has 0 saturated carbocycles. The van der Waals surface area contributed by atoms with Crippen molar-refractivity contribution in [3.05, 3.63) is 108 Å².